The highest BCUT2D eigenvalue weighted by atomic mass is 32.2. The first-order valence-corrected chi connectivity index (χ1v) is 8.70. The van der Waals surface area contributed by atoms with Gasteiger partial charge in [-0.15, -0.1) is 0 Å². The Morgan fingerprint density at radius 3 is 2.52 bits per heavy atom. The molecule has 0 bridgehead atoms. The minimum absolute atomic E-state index is 0.0726. The summed E-state index contributed by atoms with van der Waals surface area (Å²) in [6, 6.07) is 4.69. The number of hydrogen-bond acceptors (Lipinski definition) is 4. The summed E-state index contributed by atoms with van der Waals surface area (Å²) < 4.78 is 32.0. The number of aliphatic hydroxyl groups excluding tert-OH is 1. The maximum absolute atomic E-state index is 12.7. The summed E-state index contributed by atoms with van der Waals surface area (Å²) in [5, 5.41) is 9.34. The van der Waals surface area contributed by atoms with Crippen molar-refractivity contribution >= 4 is 10.0 Å². The summed E-state index contributed by atoms with van der Waals surface area (Å²) in [7, 11) is -0.386. The molecule has 0 radical (unpaired) electrons. The number of hydrogen-bond donors (Lipinski definition) is 1. The second-order valence-electron chi connectivity index (χ2n) is 5.44. The molecule has 0 amide bonds. The van der Waals surface area contributed by atoms with Gasteiger partial charge in [0.15, 0.2) is 0 Å². The van der Waals surface area contributed by atoms with Crippen LogP contribution in [0.15, 0.2) is 23.1 Å². The number of sulfonamides is 1. The van der Waals surface area contributed by atoms with Crippen LogP contribution in [0, 0.1) is 0 Å². The minimum Gasteiger partial charge on any atom is -0.496 e. The van der Waals surface area contributed by atoms with Crippen LogP contribution in [0.5, 0.6) is 5.75 Å². The average Bonchev–Trinajstić information content (AvgIpc) is 2.54. The van der Waals surface area contributed by atoms with Gasteiger partial charge in [-0.25, -0.2) is 8.42 Å². The second-order valence-corrected chi connectivity index (χ2v) is 7.44. The Hall–Kier alpha value is -1.11. The number of aliphatic hydroxyl groups is 1. The third-order valence-electron chi connectivity index (χ3n) is 4.19. The van der Waals surface area contributed by atoms with E-state index in [0.29, 0.717) is 11.3 Å². The molecule has 0 saturated heterocycles. The van der Waals surface area contributed by atoms with E-state index in [-0.39, 0.29) is 17.5 Å². The molecule has 1 aliphatic carbocycles. The zero-order chi connectivity index (χ0) is 15.5. The molecular formula is C15H23NO4S. The van der Waals surface area contributed by atoms with Crippen LogP contribution in [0.4, 0.5) is 0 Å². The summed E-state index contributed by atoms with van der Waals surface area (Å²) in [6.45, 7) is -0.250. The molecule has 1 saturated carbocycles. The van der Waals surface area contributed by atoms with Crippen LogP contribution in [0.2, 0.25) is 0 Å². The van der Waals surface area contributed by atoms with Crippen molar-refractivity contribution in [2.45, 2.75) is 49.6 Å². The number of benzene rings is 1. The van der Waals surface area contributed by atoms with E-state index >= 15 is 0 Å². The Kier molecular flexibility index (Phi) is 5.24. The van der Waals surface area contributed by atoms with Gasteiger partial charge in [0.1, 0.15) is 5.75 Å². The fourth-order valence-corrected chi connectivity index (χ4v) is 4.31. The normalized spacial score (nSPS) is 17.1. The zero-order valence-electron chi connectivity index (χ0n) is 12.6. The lowest BCUT2D eigenvalue weighted by atomic mass is 9.96. The van der Waals surface area contributed by atoms with Crippen LogP contribution in [-0.2, 0) is 16.6 Å². The summed E-state index contributed by atoms with van der Waals surface area (Å²) in [4.78, 5) is 0.209. The van der Waals surface area contributed by atoms with Crippen molar-refractivity contribution in [2.75, 3.05) is 14.2 Å². The van der Waals surface area contributed by atoms with E-state index in [9.17, 15) is 13.5 Å². The first-order chi connectivity index (χ1) is 10.0. The van der Waals surface area contributed by atoms with E-state index in [1.807, 2.05) is 0 Å². The van der Waals surface area contributed by atoms with Crippen molar-refractivity contribution < 1.29 is 18.3 Å². The van der Waals surface area contributed by atoms with E-state index < -0.39 is 10.0 Å². The highest BCUT2D eigenvalue weighted by molar-refractivity contribution is 7.89. The fourth-order valence-electron chi connectivity index (χ4n) is 2.85. The maximum atomic E-state index is 12.7. The van der Waals surface area contributed by atoms with Crippen LogP contribution in [0.25, 0.3) is 0 Å². The summed E-state index contributed by atoms with van der Waals surface area (Å²) in [6.07, 6.45) is 5.17. The lowest BCUT2D eigenvalue weighted by Crippen LogP contribution is -2.38. The van der Waals surface area contributed by atoms with E-state index in [1.54, 1.807) is 13.1 Å². The quantitative estimate of drug-likeness (QED) is 0.904. The van der Waals surface area contributed by atoms with Gasteiger partial charge in [-0.3, -0.25) is 0 Å². The lowest BCUT2D eigenvalue weighted by Gasteiger charge is -2.30. The van der Waals surface area contributed by atoms with Gasteiger partial charge in [0.2, 0.25) is 10.0 Å². The predicted octanol–water partition coefficient (Wildman–Crippen LogP) is 2.14. The Bertz CT molecular complexity index is 579. The Balaban J connectivity index is 2.30. The van der Waals surface area contributed by atoms with E-state index in [0.717, 1.165) is 25.7 Å². The Morgan fingerprint density at radius 1 is 1.29 bits per heavy atom. The molecule has 1 aromatic carbocycles. The molecule has 2 rings (SSSR count). The second kappa shape index (κ2) is 6.77. The Morgan fingerprint density at radius 2 is 1.95 bits per heavy atom. The minimum atomic E-state index is -3.53. The number of rotatable bonds is 5. The SMILES string of the molecule is COc1ccc(S(=O)(=O)N(C)C2CCCCC2)cc1CO. The topological polar surface area (TPSA) is 66.8 Å². The summed E-state index contributed by atoms with van der Waals surface area (Å²) >= 11 is 0. The van der Waals surface area contributed by atoms with Crippen LogP contribution >= 0.6 is 0 Å². The van der Waals surface area contributed by atoms with Crippen molar-refractivity contribution in [2.24, 2.45) is 0 Å². The van der Waals surface area contributed by atoms with Crippen molar-refractivity contribution in [1.29, 1.82) is 0 Å². The smallest absolute Gasteiger partial charge is 0.243 e. The molecule has 0 spiro atoms. The van der Waals surface area contributed by atoms with Crippen LogP contribution in [0.1, 0.15) is 37.7 Å². The molecule has 0 unspecified atom stereocenters. The largest absolute Gasteiger partial charge is 0.496 e. The van der Waals surface area contributed by atoms with E-state index in [4.69, 9.17) is 4.74 Å². The van der Waals surface area contributed by atoms with Crippen LogP contribution in [0.3, 0.4) is 0 Å². The van der Waals surface area contributed by atoms with E-state index in [2.05, 4.69) is 0 Å². The van der Waals surface area contributed by atoms with Gasteiger partial charge in [-0.1, -0.05) is 19.3 Å². The van der Waals surface area contributed by atoms with Gasteiger partial charge >= 0.3 is 0 Å². The lowest BCUT2D eigenvalue weighted by molar-refractivity contribution is 0.273. The first kappa shape index (κ1) is 16.3. The van der Waals surface area contributed by atoms with Gasteiger partial charge in [0, 0.05) is 18.7 Å². The van der Waals surface area contributed by atoms with E-state index in [1.165, 1.54) is 30.0 Å². The summed E-state index contributed by atoms with van der Waals surface area (Å²) in [5.41, 5.74) is 0.482. The van der Waals surface area contributed by atoms with Gasteiger partial charge in [0.25, 0.3) is 0 Å². The molecule has 1 N–H and O–H groups in total. The fraction of sp³-hybridized carbons (Fsp3) is 0.600. The van der Waals surface area contributed by atoms with Crippen molar-refractivity contribution in [1.82, 2.24) is 4.31 Å². The molecule has 1 fully saturated rings. The number of nitrogens with zero attached hydrogens (tertiary/aromatic N) is 1. The number of methoxy groups -OCH3 is 1. The maximum Gasteiger partial charge on any atom is 0.243 e. The van der Waals surface area contributed by atoms with Crippen molar-refractivity contribution in [3.63, 3.8) is 0 Å². The molecule has 118 valence electrons. The zero-order valence-corrected chi connectivity index (χ0v) is 13.4. The molecule has 5 nitrogen and oxygen atoms in total. The highest BCUT2D eigenvalue weighted by Gasteiger charge is 2.29. The molecule has 0 heterocycles. The molecule has 0 aliphatic heterocycles. The monoisotopic (exact) mass is 313 g/mol. The summed E-state index contributed by atoms with van der Waals surface area (Å²) in [5.74, 6) is 0.497. The van der Waals surface area contributed by atoms with Gasteiger partial charge in [-0.2, -0.15) is 4.31 Å². The molecule has 21 heavy (non-hydrogen) atoms. The Labute approximate surface area is 126 Å². The highest BCUT2D eigenvalue weighted by Crippen LogP contribution is 2.28. The van der Waals surface area contributed by atoms with Crippen LogP contribution in [-0.4, -0.2) is 38.0 Å². The third-order valence-corrected chi connectivity index (χ3v) is 6.09. The first-order valence-electron chi connectivity index (χ1n) is 7.26. The molecule has 6 heteroatoms. The number of ether oxygens (including phenoxy) is 1. The standard InChI is InChI=1S/C15H23NO4S/c1-16(13-6-4-3-5-7-13)21(18,19)14-8-9-15(20-2)12(10-14)11-17/h8-10,13,17H,3-7,11H2,1-2H3. The molecular weight excluding hydrogens is 290 g/mol. The van der Waals surface area contributed by atoms with Gasteiger partial charge in [-0.05, 0) is 31.0 Å². The molecule has 0 aromatic heterocycles. The third kappa shape index (κ3) is 3.39. The van der Waals surface area contributed by atoms with Gasteiger partial charge < -0.3 is 9.84 Å². The molecule has 1 aliphatic rings. The van der Waals surface area contributed by atoms with Gasteiger partial charge in [0.05, 0.1) is 18.6 Å². The van der Waals surface area contributed by atoms with Crippen LogP contribution < -0.4 is 4.74 Å². The average molecular weight is 313 g/mol. The van der Waals surface area contributed by atoms with Crippen molar-refractivity contribution in [3.05, 3.63) is 23.8 Å². The van der Waals surface area contributed by atoms with Crippen molar-refractivity contribution in [3.8, 4) is 5.75 Å². The molecule has 1 aromatic rings. The predicted molar refractivity (Wildman–Crippen MR) is 80.7 cm³/mol. The molecule has 0 atom stereocenters.